The van der Waals surface area contributed by atoms with Gasteiger partial charge in [0.15, 0.2) is 9.84 Å². The predicted molar refractivity (Wildman–Crippen MR) is 193 cm³/mol. The zero-order chi connectivity index (χ0) is 34.4. The average Bonchev–Trinajstić information content (AvgIpc) is 3.39. The molecule has 1 aromatic heterocycles. The third kappa shape index (κ3) is 7.25. The average molecular weight is 672 g/mol. The first-order valence-electron chi connectivity index (χ1n) is 17.1. The standard InChI is InChI=1S/C38H49N5O4S/c1-26(2)41-20-22-42(23-21-41)31-12-8-27(9-13-31)30-24-33(28-16-18-43(19-17-28)37(44)47-38(3,4)5)35-34(25-30)40(6)36(39-35)29-10-14-32(15-11-29)48(7,45)46/h8-15,24-26,28H,16-23H2,1-7H3. The molecular formula is C38H49N5O4S. The number of piperidine rings is 1. The molecule has 0 aliphatic carbocycles. The number of benzene rings is 3. The molecule has 1 amide bonds. The summed E-state index contributed by atoms with van der Waals surface area (Å²) in [6, 6.07) is 20.9. The Hall–Kier alpha value is -3.89. The number of aromatic nitrogens is 2. The highest BCUT2D eigenvalue weighted by Crippen LogP contribution is 2.39. The van der Waals surface area contributed by atoms with E-state index < -0.39 is 15.4 Å². The Bertz CT molecular complexity index is 1880. The van der Waals surface area contributed by atoms with Gasteiger partial charge in [0.05, 0.1) is 15.9 Å². The highest BCUT2D eigenvalue weighted by atomic mass is 32.2. The van der Waals surface area contributed by atoms with Gasteiger partial charge in [0, 0.05) is 69.9 Å². The maximum Gasteiger partial charge on any atom is 0.410 e. The fraction of sp³-hybridized carbons (Fsp3) is 0.474. The summed E-state index contributed by atoms with van der Waals surface area (Å²) >= 11 is 0. The highest BCUT2D eigenvalue weighted by Gasteiger charge is 2.30. The molecule has 0 N–H and O–H groups in total. The molecule has 10 heteroatoms. The number of hydrogen-bond acceptors (Lipinski definition) is 7. The Morgan fingerprint density at radius 2 is 1.46 bits per heavy atom. The van der Waals surface area contributed by atoms with Crippen molar-refractivity contribution < 1.29 is 17.9 Å². The van der Waals surface area contributed by atoms with Crippen LogP contribution in [0.3, 0.4) is 0 Å². The van der Waals surface area contributed by atoms with Crippen molar-refractivity contribution in [1.29, 1.82) is 0 Å². The molecule has 2 aliphatic heterocycles. The maximum atomic E-state index is 12.8. The number of likely N-dealkylation sites (tertiary alicyclic amines) is 1. The molecule has 2 aliphatic rings. The minimum atomic E-state index is -3.30. The molecule has 0 spiro atoms. The molecule has 256 valence electrons. The van der Waals surface area contributed by atoms with Crippen molar-refractivity contribution in [3.05, 3.63) is 66.2 Å². The summed E-state index contributed by atoms with van der Waals surface area (Å²) in [5.74, 6) is 1.00. The number of imidazole rings is 1. The second kappa shape index (κ2) is 13.2. The molecule has 0 radical (unpaired) electrons. The van der Waals surface area contributed by atoms with Gasteiger partial charge in [-0.3, -0.25) is 4.90 Å². The quantitative estimate of drug-likeness (QED) is 0.219. The molecule has 48 heavy (non-hydrogen) atoms. The molecular weight excluding hydrogens is 623 g/mol. The van der Waals surface area contributed by atoms with Crippen LogP contribution in [0.1, 0.15) is 58.9 Å². The largest absolute Gasteiger partial charge is 0.444 e. The number of nitrogens with zero attached hydrogens (tertiary/aromatic N) is 5. The molecule has 2 saturated heterocycles. The van der Waals surface area contributed by atoms with Crippen LogP contribution in [0, 0.1) is 0 Å². The monoisotopic (exact) mass is 671 g/mol. The first kappa shape index (κ1) is 34.0. The number of sulfone groups is 1. The predicted octanol–water partition coefficient (Wildman–Crippen LogP) is 6.96. The number of rotatable bonds is 6. The number of anilines is 1. The summed E-state index contributed by atoms with van der Waals surface area (Å²) in [6.07, 6.45) is 2.59. The molecule has 0 unspecified atom stereocenters. The molecule has 3 heterocycles. The lowest BCUT2D eigenvalue weighted by molar-refractivity contribution is 0.0205. The van der Waals surface area contributed by atoms with Crippen LogP contribution in [0.25, 0.3) is 33.5 Å². The highest BCUT2D eigenvalue weighted by molar-refractivity contribution is 7.90. The number of fused-ring (bicyclic) bond motifs is 1. The summed E-state index contributed by atoms with van der Waals surface area (Å²) in [6.45, 7) is 15.7. The number of carbonyl (C=O) groups is 1. The Kier molecular flexibility index (Phi) is 9.34. The van der Waals surface area contributed by atoms with E-state index in [0.717, 1.165) is 72.6 Å². The zero-order valence-corrected chi connectivity index (χ0v) is 30.2. The molecule has 6 rings (SSSR count). The van der Waals surface area contributed by atoms with Crippen molar-refractivity contribution in [3.8, 4) is 22.5 Å². The molecule has 0 bridgehead atoms. The lowest BCUT2D eigenvalue weighted by atomic mass is 9.86. The number of ether oxygens (including phenoxy) is 1. The van der Waals surface area contributed by atoms with E-state index in [1.165, 1.54) is 17.5 Å². The van der Waals surface area contributed by atoms with Gasteiger partial charge in [-0.2, -0.15) is 0 Å². The van der Waals surface area contributed by atoms with Crippen molar-refractivity contribution in [2.45, 2.75) is 69.9 Å². The lowest BCUT2D eigenvalue weighted by Gasteiger charge is -2.38. The third-order valence-corrected chi connectivity index (χ3v) is 10.9. The number of hydrogen-bond donors (Lipinski definition) is 0. The van der Waals surface area contributed by atoms with E-state index in [4.69, 9.17) is 9.72 Å². The Morgan fingerprint density at radius 1 is 0.854 bits per heavy atom. The van der Waals surface area contributed by atoms with Crippen molar-refractivity contribution in [3.63, 3.8) is 0 Å². The van der Waals surface area contributed by atoms with E-state index in [1.807, 2.05) is 44.9 Å². The van der Waals surface area contributed by atoms with Crippen LogP contribution in [-0.4, -0.2) is 91.0 Å². The third-order valence-electron chi connectivity index (χ3n) is 9.75. The van der Waals surface area contributed by atoms with E-state index >= 15 is 0 Å². The van der Waals surface area contributed by atoms with Crippen LogP contribution in [0.4, 0.5) is 10.5 Å². The fourth-order valence-corrected chi connectivity index (χ4v) is 7.59. The Balaban J connectivity index is 1.34. The van der Waals surface area contributed by atoms with Gasteiger partial charge in [-0.1, -0.05) is 12.1 Å². The molecule has 0 saturated carbocycles. The van der Waals surface area contributed by atoms with Gasteiger partial charge < -0.3 is 19.1 Å². The fourth-order valence-electron chi connectivity index (χ4n) is 6.96. The summed E-state index contributed by atoms with van der Waals surface area (Å²) in [5.41, 5.74) is 6.99. The molecule has 0 atom stereocenters. The number of aryl methyl sites for hydroxylation is 1. The van der Waals surface area contributed by atoms with Crippen LogP contribution in [-0.2, 0) is 21.6 Å². The summed E-state index contributed by atoms with van der Waals surface area (Å²) in [7, 11) is -1.28. The minimum Gasteiger partial charge on any atom is -0.444 e. The van der Waals surface area contributed by atoms with Crippen LogP contribution >= 0.6 is 0 Å². The van der Waals surface area contributed by atoms with Crippen molar-refractivity contribution in [1.82, 2.24) is 19.4 Å². The van der Waals surface area contributed by atoms with Crippen molar-refractivity contribution >= 4 is 32.7 Å². The minimum absolute atomic E-state index is 0.220. The van der Waals surface area contributed by atoms with Crippen LogP contribution in [0.15, 0.2) is 65.6 Å². The summed E-state index contributed by atoms with van der Waals surface area (Å²) < 4.78 is 32.0. The number of piperazine rings is 1. The van der Waals surface area contributed by atoms with Crippen molar-refractivity contribution in [2.75, 3.05) is 50.4 Å². The normalized spacial score (nSPS) is 17.0. The molecule has 4 aromatic rings. The van der Waals surface area contributed by atoms with E-state index in [1.54, 1.807) is 12.1 Å². The van der Waals surface area contributed by atoms with Gasteiger partial charge in [-0.05, 0) is 119 Å². The topological polar surface area (TPSA) is 88.0 Å². The van der Waals surface area contributed by atoms with Gasteiger partial charge in [-0.25, -0.2) is 18.2 Å². The van der Waals surface area contributed by atoms with Crippen LogP contribution in [0.2, 0.25) is 0 Å². The van der Waals surface area contributed by atoms with Crippen LogP contribution in [0.5, 0.6) is 0 Å². The van der Waals surface area contributed by atoms with Crippen LogP contribution < -0.4 is 4.90 Å². The SMILES string of the molecule is CC(C)N1CCN(c2ccc(-c3cc(C4CCN(C(=O)OC(C)(C)C)CC4)c4nc(-c5ccc(S(C)(=O)=O)cc5)n(C)c4c3)cc2)CC1. The van der Waals surface area contributed by atoms with Crippen molar-refractivity contribution in [2.24, 2.45) is 7.05 Å². The second-order valence-electron chi connectivity index (χ2n) is 14.6. The van der Waals surface area contributed by atoms with Gasteiger partial charge in [0.2, 0.25) is 0 Å². The van der Waals surface area contributed by atoms with Gasteiger partial charge >= 0.3 is 6.09 Å². The lowest BCUT2D eigenvalue weighted by Crippen LogP contribution is -2.48. The molecule has 3 aromatic carbocycles. The summed E-state index contributed by atoms with van der Waals surface area (Å²) in [5, 5.41) is 0. The smallest absolute Gasteiger partial charge is 0.410 e. The molecule has 9 nitrogen and oxygen atoms in total. The number of amides is 1. The second-order valence-corrected chi connectivity index (χ2v) is 16.6. The first-order chi connectivity index (χ1) is 22.7. The van der Waals surface area contributed by atoms with Gasteiger partial charge in [-0.15, -0.1) is 0 Å². The van der Waals surface area contributed by atoms with Gasteiger partial charge in [0.1, 0.15) is 11.4 Å². The zero-order valence-electron chi connectivity index (χ0n) is 29.4. The Labute approximate surface area is 285 Å². The van der Waals surface area contributed by atoms with E-state index in [9.17, 15) is 13.2 Å². The number of carbonyl (C=O) groups excluding carboxylic acids is 1. The van der Waals surface area contributed by atoms with E-state index in [0.29, 0.717) is 19.1 Å². The molecule has 2 fully saturated rings. The van der Waals surface area contributed by atoms with E-state index in [-0.39, 0.29) is 16.9 Å². The maximum absolute atomic E-state index is 12.8. The van der Waals surface area contributed by atoms with E-state index in [2.05, 4.69) is 64.6 Å². The summed E-state index contributed by atoms with van der Waals surface area (Å²) in [4.78, 5) is 25.1. The Morgan fingerprint density at radius 3 is 2.02 bits per heavy atom. The first-order valence-corrected chi connectivity index (χ1v) is 19.0. The van der Waals surface area contributed by atoms with Gasteiger partial charge in [0.25, 0.3) is 0 Å².